The van der Waals surface area contributed by atoms with Gasteiger partial charge in [0.25, 0.3) is 11.6 Å². The molecule has 1 amide bonds. The summed E-state index contributed by atoms with van der Waals surface area (Å²) in [5.74, 6) is -0.187. The minimum atomic E-state index is -0.459. The van der Waals surface area contributed by atoms with Crippen LogP contribution in [0.5, 0.6) is 0 Å². The molecule has 0 radical (unpaired) electrons. The molecule has 0 saturated carbocycles. The maximum Gasteiger partial charge on any atom is 0.273 e. The molecule has 0 saturated heterocycles. The van der Waals surface area contributed by atoms with Crippen molar-refractivity contribution in [1.29, 1.82) is 0 Å². The Hall–Kier alpha value is -2.69. The summed E-state index contributed by atoms with van der Waals surface area (Å²) in [6, 6.07) is 14.3. The van der Waals surface area contributed by atoms with E-state index in [0.29, 0.717) is 24.2 Å². The van der Waals surface area contributed by atoms with Gasteiger partial charge in [-0.25, -0.2) is 0 Å². The molecular formula is C17H18N2O3. The Labute approximate surface area is 129 Å². The highest BCUT2D eigenvalue weighted by molar-refractivity contribution is 5.96. The lowest BCUT2D eigenvalue weighted by atomic mass is 10.1. The maximum absolute atomic E-state index is 12.7. The Morgan fingerprint density at radius 1 is 1.14 bits per heavy atom. The highest BCUT2D eigenvalue weighted by atomic mass is 16.6. The minimum Gasteiger partial charge on any atom is -0.335 e. The van der Waals surface area contributed by atoms with Crippen LogP contribution in [0.25, 0.3) is 0 Å². The van der Waals surface area contributed by atoms with Crippen molar-refractivity contribution in [1.82, 2.24) is 4.90 Å². The summed E-state index contributed by atoms with van der Waals surface area (Å²) in [7, 11) is 0. The van der Waals surface area contributed by atoms with Crippen LogP contribution in [-0.4, -0.2) is 22.3 Å². The van der Waals surface area contributed by atoms with E-state index < -0.39 is 4.92 Å². The number of hydrogen-bond donors (Lipinski definition) is 0. The van der Waals surface area contributed by atoms with Crippen molar-refractivity contribution in [3.8, 4) is 0 Å². The number of carbonyl (C=O) groups is 1. The van der Waals surface area contributed by atoms with E-state index in [-0.39, 0.29) is 11.6 Å². The van der Waals surface area contributed by atoms with E-state index in [4.69, 9.17) is 0 Å². The molecule has 0 N–H and O–H groups in total. The number of benzene rings is 2. The minimum absolute atomic E-state index is 0.0263. The number of nitro groups is 1. The van der Waals surface area contributed by atoms with Crippen LogP contribution in [0.3, 0.4) is 0 Å². The monoisotopic (exact) mass is 298 g/mol. The fourth-order valence-corrected chi connectivity index (χ4v) is 2.35. The summed E-state index contributed by atoms with van der Waals surface area (Å²) in [6.45, 7) is 4.53. The molecule has 0 aliphatic rings. The molecule has 22 heavy (non-hydrogen) atoms. The molecule has 0 unspecified atom stereocenters. The van der Waals surface area contributed by atoms with Crippen molar-refractivity contribution >= 4 is 11.6 Å². The molecule has 114 valence electrons. The van der Waals surface area contributed by atoms with Crippen molar-refractivity contribution in [3.63, 3.8) is 0 Å². The zero-order chi connectivity index (χ0) is 16.1. The van der Waals surface area contributed by atoms with Gasteiger partial charge in [0.1, 0.15) is 0 Å². The number of hydrogen-bond acceptors (Lipinski definition) is 3. The molecule has 5 nitrogen and oxygen atoms in total. The number of rotatable bonds is 5. The molecule has 0 atom stereocenters. The molecule has 2 rings (SSSR count). The zero-order valence-electron chi connectivity index (χ0n) is 12.7. The van der Waals surface area contributed by atoms with E-state index in [1.165, 1.54) is 6.07 Å². The van der Waals surface area contributed by atoms with Crippen LogP contribution in [-0.2, 0) is 6.54 Å². The first-order valence-corrected chi connectivity index (χ1v) is 7.11. The van der Waals surface area contributed by atoms with Gasteiger partial charge in [-0.3, -0.25) is 14.9 Å². The molecule has 0 spiro atoms. The van der Waals surface area contributed by atoms with Crippen LogP contribution in [0.1, 0.15) is 28.4 Å². The average Bonchev–Trinajstić information content (AvgIpc) is 2.53. The first-order valence-electron chi connectivity index (χ1n) is 7.11. The topological polar surface area (TPSA) is 63.5 Å². The molecule has 2 aromatic rings. The fraction of sp³-hybridized carbons (Fsp3) is 0.235. The van der Waals surface area contributed by atoms with E-state index in [0.717, 1.165) is 5.56 Å². The summed E-state index contributed by atoms with van der Waals surface area (Å²) < 4.78 is 0. The highest BCUT2D eigenvalue weighted by Gasteiger charge is 2.21. The molecule has 0 heterocycles. The first-order chi connectivity index (χ1) is 10.5. The maximum atomic E-state index is 12.7. The van der Waals surface area contributed by atoms with Crippen LogP contribution >= 0.6 is 0 Å². The van der Waals surface area contributed by atoms with Crippen molar-refractivity contribution in [2.75, 3.05) is 6.54 Å². The van der Waals surface area contributed by atoms with Crippen molar-refractivity contribution in [2.24, 2.45) is 0 Å². The molecule has 5 heteroatoms. The van der Waals surface area contributed by atoms with Gasteiger partial charge in [-0.05, 0) is 25.5 Å². The van der Waals surface area contributed by atoms with Crippen LogP contribution in [0, 0.1) is 17.0 Å². The summed E-state index contributed by atoms with van der Waals surface area (Å²) in [5, 5.41) is 11.0. The predicted molar refractivity (Wildman–Crippen MR) is 84.7 cm³/mol. The molecule has 0 bridgehead atoms. The third-order valence-electron chi connectivity index (χ3n) is 3.62. The Morgan fingerprint density at radius 3 is 2.41 bits per heavy atom. The normalized spacial score (nSPS) is 10.3. The first kappa shape index (κ1) is 15.7. The summed E-state index contributed by atoms with van der Waals surface area (Å²) in [4.78, 5) is 24.9. The summed E-state index contributed by atoms with van der Waals surface area (Å²) >= 11 is 0. The number of amides is 1. The Balaban J connectivity index is 2.29. The molecule has 0 fully saturated rings. The van der Waals surface area contributed by atoms with Gasteiger partial charge in [0.05, 0.1) is 4.92 Å². The van der Waals surface area contributed by atoms with Crippen LogP contribution in [0.15, 0.2) is 48.5 Å². The van der Waals surface area contributed by atoms with E-state index in [9.17, 15) is 14.9 Å². The quantitative estimate of drug-likeness (QED) is 0.626. The highest BCUT2D eigenvalue weighted by Crippen LogP contribution is 2.22. The van der Waals surface area contributed by atoms with Gasteiger partial charge in [0.2, 0.25) is 0 Å². The predicted octanol–water partition coefficient (Wildman–Crippen LogP) is 3.57. The lowest BCUT2D eigenvalue weighted by Gasteiger charge is -2.22. The summed E-state index contributed by atoms with van der Waals surface area (Å²) in [6.07, 6.45) is 0. The van der Waals surface area contributed by atoms with Gasteiger partial charge in [-0.15, -0.1) is 0 Å². The number of nitro benzene ring substituents is 1. The summed E-state index contributed by atoms with van der Waals surface area (Å²) in [5.41, 5.74) is 1.79. The molecule has 0 aliphatic carbocycles. The van der Waals surface area contributed by atoms with E-state index in [1.54, 1.807) is 24.0 Å². The van der Waals surface area contributed by atoms with Gasteiger partial charge in [-0.2, -0.15) is 0 Å². The lowest BCUT2D eigenvalue weighted by molar-refractivity contribution is -0.385. The van der Waals surface area contributed by atoms with Gasteiger partial charge in [0, 0.05) is 30.3 Å². The smallest absolute Gasteiger partial charge is 0.273 e. The van der Waals surface area contributed by atoms with Crippen molar-refractivity contribution < 1.29 is 9.72 Å². The van der Waals surface area contributed by atoms with Gasteiger partial charge >= 0.3 is 0 Å². The largest absolute Gasteiger partial charge is 0.335 e. The molecule has 0 aliphatic heterocycles. The van der Waals surface area contributed by atoms with E-state index in [2.05, 4.69) is 0 Å². The van der Waals surface area contributed by atoms with E-state index in [1.807, 2.05) is 37.3 Å². The van der Waals surface area contributed by atoms with Gasteiger partial charge in [-0.1, -0.05) is 36.4 Å². The van der Waals surface area contributed by atoms with Crippen LogP contribution < -0.4 is 0 Å². The second-order valence-corrected chi connectivity index (χ2v) is 5.01. The standard InChI is InChI=1S/C17H18N2O3/c1-3-18(12-14-8-5-4-6-9-14)17(20)15-10-7-11-16(13(15)2)19(21)22/h4-11H,3,12H2,1-2H3. The van der Waals surface area contributed by atoms with E-state index >= 15 is 0 Å². The van der Waals surface area contributed by atoms with Gasteiger partial charge < -0.3 is 4.90 Å². The third-order valence-corrected chi connectivity index (χ3v) is 3.62. The van der Waals surface area contributed by atoms with Crippen molar-refractivity contribution in [2.45, 2.75) is 20.4 Å². The Bertz CT molecular complexity index is 684. The second kappa shape index (κ2) is 6.85. The Morgan fingerprint density at radius 2 is 1.82 bits per heavy atom. The Kier molecular flexibility index (Phi) is 4.88. The lowest BCUT2D eigenvalue weighted by Crippen LogP contribution is -2.30. The molecular weight excluding hydrogens is 280 g/mol. The van der Waals surface area contributed by atoms with Crippen LogP contribution in [0.2, 0.25) is 0 Å². The third kappa shape index (κ3) is 3.31. The number of nitrogens with zero attached hydrogens (tertiary/aromatic N) is 2. The van der Waals surface area contributed by atoms with Crippen LogP contribution in [0.4, 0.5) is 5.69 Å². The zero-order valence-corrected chi connectivity index (χ0v) is 12.7. The number of carbonyl (C=O) groups excluding carboxylic acids is 1. The average molecular weight is 298 g/mol. The van der Waals surface area contributed by atoms with Crippen molar-refractivity contribution in [3.05, 3.63) is 75.3 Å². The second-order valence-electron chi connectivity index (χ2n) is 5.01. The SMILES string of the molecule is CCN(Cc1ccccc1)C(=O)c1cccc([N+](=O)[O-])c1C. The molecule has 0 aromatic heterocycles. The van der Waals surface area contributed by atoms with Gasteiger partial charge in [0.15, 0.2) is 0 Å². The molecule has 2 aromatic carbocycles. The fourth-order valence-electron chi connectivity index (χ4n) is 2.35.